The molecule has 0 atom stereocenters. The minimum Gasteiger partial charge on any atom is -0.478 e. The third-order valence-corrected chi connectivity index (χ3v) is 2.99. The van der Waals surface area contributed by atoms with Crippen LogP contribution in [0.3, 0.4) is 0 Å². The van der Waals surface area contributed by atoms with E-state index in [4.69, 9.17) is 5.11 Å². The molecule has 0 unspecified atom stereocenters. The zero-order valence-electron chi connectivity index (χ0n) is 12.9. The first kappa shape index (κ1) is 17.7. The first-order valence-electron chi connectivity index (χ1n) is 7.27. The summed E-state index contributed by atoms with van der Waals surface area (Å²) in [6.07, 6.45) is 0.776. The predicted molar refractivity (Wildman–Crippen MR) is 82.6 cm³/mol. The zero-order chi connectivity index (χ0) is 16.5. The Balaban J connectivity index is 2.35. The summed E-state index contributed by atoms with van der Waals surface area (Å²) in [6.45, 7) is 4.02. The zero-order valence-corrected chi connectivity index (χ0v) is 12.9. The van der Waals surface area contributed by atoms with E-state index >= 15 is 0 Å². The fraction of sp³-hybridized carbons (Fsp3) is 0.438. The van der Waals surface area contributed by atoms with Gasteiger partial charge >= 0.3 is 5.97 Å². The Morgan fingerprint density at radius 2 is 1.77 bits per heavy atom. The lowest BCUT2D eigenvalue weighted by Crippen LogP contribution is -2.34. The van der Waals surface area contributed by atoms with E-state index in [9.17, 15) is 14.4 Å². The second kappa shape index (κ2) is 8.81. The van der Waals surface area contributed by atoms with Crippen LogP contribution in [0.25, 0.3) is 0 Å². The van der Waals surface area contributed by atoms with Crippen molar-refractivity contribution in [3.05, 3.63) is 35.4 Å². The molecule has 0 saturated carbocycles. The van der Waals surface area contributed by atoms with E-state index in [2.05, 4.69) is 10.6 Å². The second-order valence-corrected chi connectivity index (χ2v) is 5.28. The molecule has 0 spiro atoms. The number of benzene rings is 1. The summed E-state index contributed by atoms with van der Waals surface area (Å²) < 4.78 is 0. The molecule has 0 aliphatic heterocycles. The smallest absolute Gasteiger partial charge is 0.335 e. The summed E-state index contributed by atoms with van der Waals surface area (Å²) in [5.41, 5.74) is 0.842. The lowest BCUT2D eigenvalue weighted by atomic mass is 10.0. The second-order valence-electron chi connectivity index (χ2n) is 5.28. The number of aryl methyl sites for hydroxylation is 1. The molecule has 0 heterocycles. The number of hydrogen-bond donors (Lipinski definition) is 3. The predicted octanol–water partition coefficient (Wildman–Crippen LogP) is 1.35. The lowest BCUT2D eigenvalue weighted by Gasteiger charge is -2.09. The van der Waals surface area contributed by atoms with Gasteiger partial charge in [-0.25, -0.2) is 4.79 Å². The fourth-order valence-electron chi connectivity index (χ4n) is 1.99. The third-order valence-electron chi connectivity index (χ3n) is 2.99. The average Bonchev–Trinajstić information content (AvgIpc) is 2.44. The molecule has 120 valence electrons. The van der Waals surface area contributed by atoms with Crippen LogP contribution in [0.5, 0.6) is 0 Å². The van der Waals surface area contributed by atoms with Gasteiger partial charge in [0.2, 0.25) is 11.8 Å². The Morgan fingerprint density at radius 3 is 2.41 bits per heavy atom. The lowest BCUT2D eigenvalue weighted by molar-refractivity contribution is -0.122. The van der Waals surface area contributed by atoms with Crippen molar-refractivity contribution in [2.45, 2.75) is 39.2 Å². The SMILES string of the molecule is CC(C)NC(=O)CCNC(=O)CCc1ccccc1C(=O)O. The van der Waals surface area contributed by atoms with Gasteiger partial charge in [0.15, 0.2) is 0 Å². The van der Waals surface area contributed by atoms with E-state index in [1.165, 1.54) is 6.07 Å². The molecular weight excluding hydrogens is 284 g/mol. The molecule has 6 heteroatoms. The van der Waals surface area contributed by atoms with Crippen molar-refractivity contribution in [1.29, 1.82) is 0 Å². The molecule has 0 bridgehead atoms. The number of amides is 2. The molecule has 0 radical (unpaired) electrons. The van der Waals surface area contributed by atoms with Crippen LogP contribution in [0, 0.1) is 0 Å². The summed E-state index contributed by atoms with van der Waals surface area (Å²) in [5, 5.41) is 14.5. The van der Waals surface area contributed by atoms with E-state index in [0.29, 0.717) is 12.0 Å². The van der Waals surface area contributed by atoms with Crippen molar-refractivity contribution in [3.8, 4) is 0 Å². The topological polar surface area (TPSA) is 95.5 Å². The van der Waals surface area contributed by atoms with E-state index in [0.717, 1.165) is 0 Å². The molecule has 22 heavy (non-hydrogen) atoms. The van der Waals surface area contributed by atoms with Crippen molar-refractivity contribution in [2.75, 3.05) is 6.54 Å². The van der Waals surface area contributed by atoms with Gasteiger partial charge in [-0.3, -0.25) is 9.59 Å². The van der Waals surface area contributed by atoms with Gasteiger partial charge in [-0.05, 0) is 31.9 Å². The number of rotatable bonds is 8. The Morgan fingerprint density at radius 1 is 1.09 bits per heavy atom. The van der Waals surface area contributed by atoms with E-state index in [1.54, 1.807) is 18.2 Å². The number of nitrogens with one attached hydrogen (secondary N) is 2. The molecule has 1 rings (SSSR count). The number of carbonyl (C=O) groups is 3. The third kappa shape index (κ3) is 6.39. The molecule has 3 N–H and O–H groups in total. The van der Waals surface area contributed by atoms with Crippen LogP contribution >= 0.6 is 0 Å². The van der Waals surface area contributed by atoms with Crippen molar-refractivity contribution < 1.29 is 19.5 Å². The maximum Gasteiger partial charge on any atom is 0.335 e. The highest BCUT2D eigenvalue weighted by Gasteiger charge is 2.11. The van der Waals surface area contributed by atoms with Crippen molar-refractivity contribution in [3.63, 3.8) is 0 Å². The summed E-state index contributed by atoms with van der Waals surface area (Å²) in [4.78, 5) is 34.2. The van der Waals surface area contributed by atoms with Crippen LogP contribution in [-0.4, -0.2) is 35.5 Å². The van der Waals surface area contributed by atoms with Crippen LogP contribution in [-0.2, 0) is 16.0 Å². The van der Waals surface area contributed by atoms with E-state index in [-0.39, 0.29) is 42.8 Å². The molecular formula is C16H22N2O4. The summed E-state index contributed by atoms with van der Waals surface area (Å²) in [7, 11) is 0. The Kier molecular flexibility index (Phi) is 7.08. The highest BCUT2D eigenvalue weighted by molar-refractivity contribution is 5.89. The molecule has 1 aromatic carbocycles. The highest BCUT2D eigenvalue weighted by Crippen LogP contribution is 2.11. The standard InChI is InChI=1S/C16H22N2O4/c1-11(2)18-15(20)9-10-17-14(19)8-7-12-5-3-4-6-13(12)16(21)22/h3-6,11H,7-10H2,1-2H3,(H,17,19)(H,18,20)(H,21,22). The van der Waals surface area contributed by atoms with Gasteiger partial charge in [0.25, 0.3) is 0 Å². The summed E-state index contributed by atoms with van der Waals surface area (Å²) in [6, 6.07) is 6.70. The van der Waals surface area contributed by atoms with Crippen molar-refractivity contribution >= 4 is 17.8 Å². The monoisotopic (exact) mass is 306 g/mol. The number of carboxylic acid groups (broad SMARTS) is 1. The normalized spacial score (nSPS) is 10.3. The van der Waals surface area contributed by atoms with Gasteiger partial charge in [-0.1, -0.05) is 18.2 Å². The quantitative estimate of drug-likeness (QED) is 0.675. The Labute approximate surface area is 129 Å². The molecule has 6 nitrogen and oxygen atoms in total. The molecule has 0 aliphatic carbocycles. The van der Waals surface area contributed by atoms with Gasteiger partial charge in [0.05, 0.1) is 5.56 Å². The maximum absolute atomic E-state index is 11.7. The van der Waals surface area contributed by atoms with Crippen molar-refractivity contribution in [2.24, 2.45) is 0 Å². The molecule has 0 saturated heterocycles. The van der Waals surface area contributed by atoms with Crippen LogP contribution in [0.1, 0.15) is 42.6 Å². The van der Waals surface area contributed by atoms with Crippen LogP contribution in [0.4, 0.5) is 0 Å². The first-order valence-corrected chi connectivity index (χ1v) is 7.27. The van der Waals surface area contributed by atoms with E-state index < -0.39 is 5.97 Å². The van der Waals surface area contributed by atoms with Crippen LogP contribution < -0.4 is 10.6 Å². The average molecular weight is 306 g/mol. The molecule has 2 amide bonds. The minimum atomic E-state index is -0.999. The first-order chi connectivity index (χ1) is 10.4. The summed E-state index contributed by atoms with van der Waals surface area (Å²) >= 11 is 0. The molecule has 0 aromatic heterocycles. The van der Waals surface area contributed by atoms with Gasteiger partial charge in [-0.15, -0.1) is 0 Å². The van der Waals surface area contributed by atoms with Crippen molar-refractivity contribution in [1.82, 2.24) is 10.6 Å². The molecule has 0 fully saturated rings. The minimum absolute atomic E-state index is 0.0794. The number of hydrogen-bond acceptors (Lipinski definition) is 3. The number of carbonyl (C=O) groups excluding carboxylic acids is 2. The Bertz CT molecular complexity index is 541. The Hall–Kier alpha value is -2.37. The molecule has 1 aromatic rings. The fourth-order valence-corrected chi connectivity index (χ4v) is 1.99. The van der Waals surface area contributed by atoms with E-state index in [1.807, 2.05) is 13.8 Å². The number of aromatic carboxylic acids is 1. The highest BCUT2D eigenvalue weighted by atomic mass is 16.4. The molecule has 0 aliphatic rings. The van der Waals surface area contributed by atoms with Gasteiger partial charge in [-0.2, -0.15) is 0 Å². The summed E-state index contributed by atoms with van der Waals surface area (Å²) in [5.74, 6) is -1.30. The van der Waals surface area contributed by atoms with Gasteiger partial charge in [0.1, 0.15) is 0 Å². The maximum atomic E-state index is 11.7. The van der Waals surface area contributed by atoms with Crippen LogP contribution in [0.15, 0.2) is 24.3 Å². The van der Waals surface area contributed by atoms with Crippen LogP contribution in [0.2, 0.25) is 0 Å². The number of carboxylic acids is 1. The van der Waals surface area contributed by atoms with Gasteiger partial charge in [0, 0.05) is 25.4 Å². The van der Waals surface area contributed by atoms with Gasteiger partial charge < -0.3 is 15.7 Å². The largest absolute Gasteiger partial charge is 0.478 e.